The molecule has 14 heavy (non-hydrogen) atoms. The Bertz CT molecular complexity index is 355. The fourth-order valence-corrected chi connectivity index (χ4v) is 1.25. The molecule has 1 aliphatic carbocycles. The van der Waals surface area contributed by atoms with Crippen LogP contribution in [0.3, 0.4) is 0 Å². The molecular formula is C11H11NO2. The van der Waals surface area contributed by atoms with Gasteiger partial charge in [-0.25, -0.2) is 0 Å². The first kappa shape index (κ1) is 8.94. The molecule has 1 aromatic rings. The lowest BCUT2D eigenvalue weighted by atomic mass is 10.2. The number of anilines is 1. The summed E-state index contributed by atoms with van der Waals surface area (Å²) < 4.78 is 0. The highest BCUT2D eigenvalue weighted by Crippen LogP contribution is 2.30. The normalized spacial score (nSPS) is 14.9. The number of rotatable bonds is 3. The van der Waals surface area contributed by atoms with E-state index in [0.29, 0.717) is 5.69 Å². The molecule has 0 spiro atoms. The number of ketones is 1. The Balaban J connectivity index is 1.97. The van der Waals surface area contributed by atoms with Crippen molar-refractivity contribution in [3.63, 3.8) is 0 Å². The average Bonchev–Trinajstić information content (AvgIpc) is 3.01. The molecule has 0 aromatic heterocycles. The summed E-state index contributed by atoms with van der Waals surface area (Å²) in [6, 6.07) is 9.02. The molecule has 0 heterocycles. The second kappa shape index (κ2) is 3.62. The molecule has 2 rings (SSSR count). The molecule has 0 unspecified atom stereocenters. The van der Waals surface area contributed by atoms with Gasteiger partial charge >= 0.3 is 0 Å². The van der Waals surface area contributed by atoms with Gasteiger partial charge in [0, 0.05) is 11.6 Å². The van der Waals surface area contributed by atoms with Crippen molar-refractivity contribution in [1.29, 1.82) is 0 Å². The van der Waals surface area contributed by atoms with Crippen LogP contribution >= 0.6 is 0 Å². The van der Waals surface area contributed by atoms with Crippen LogP contribution in [0.15, 0.2) is 30.3 Å². The first-order valence-corrected chi connectivity index (χ1v) is 4.67. The largest absolute Gasteiger partial charge is 0.319 e. The molecule has 1 aliphatic rings. The molecule has 0 radical (unpaired) electrons. The van der Waals surface area contributed by atoms with E-state index < -0.39 is 5.91 Å². The van der Waals surface area contributed by atoms with Crippen LogP contribution < -0.4 is 5.32 Å². The zero-order valence-corrected chi connectivity index (χ0v) is 7.69. The molecule has 0 atom stereocenters. The van der Waals surface area contributed by atoms with Crippen molar-refractivity contribution in [3.05, 3.63) is 30.3 Å². The van der Waals surface area contributed by atoms with Gasteiger partial charge in [-0.15, -0.1) is 0 Å². The van der Waals surface area contributed by atoms with Crippen molar-refractivity contribution in [2.45, 2.75) is 12.8 Å². The van der Waals surface area contributed by atoms with Crippen molar-refractivity contribution >= 4 is 17.4 Å². The molecule has 3 heteroatoms. The number of Topliss-reactive ketones (excluding diaryl/α,β-unsaturated/α-hetero) is 1. The lowest BCUT2D eigenvalue weighted by Gasteiger charge is -2.02. The Hall–Kier alpha value is -1.64. The number of carbonyl (C=O) groups excluding carboxylic acids is 2. The predicted molar refractivity (Wildman–Crippen MR) is 52.8 cm³/mol. The molecule has 0 bridgehead atoms. The Morgan fingerprint density at radius 1 is 1.14 bits per heavy atom. The summed E-state index contributed by atoms with van der Waals surface area (Å²) in [5.74, 6) is -0.786. The highest BCUT2D eigenvalue weighted by atomic mass is 16.2. The molecule has 1 amide bonds. The lowest BCUT2D eigenvalue weighted by Crippen LogP contribution is -2.23. The van der Waals surface area contributed by atoms with E-state index in [-0.39, 0.29) is 11.7 Å². The van der Waals surface area contributed by atoms with Crippen LogP contribution in [0.4, 0.5) is 5.69 Å². The summed E-state index contributed by atoms with van der Waals surface area (Å²) >= 11 is 0. The maximum Gasteiger partial charge on any atom is 0.292 e. The van der Waals surface area contributed by atoms with E-state index in [1.54, 1.807) is 12.1 Å². The van der Waals surface area contributed by atoms with Gasteiger partial charge in [-0.2, -0.15) is 0 Å². The number of hydrogen-bond acceptors (Lipinski definition) is 2. The van der Waals surface area contributed by atoms with E-state index in [1.165, 1.54) is 0 Å². The average molecular weight is 189 g/mol. The standard InChI is InChI=1S/C11H11NO2/c13-10(8-6-7-8)11(14)12-9-4-2-1-3-5-9/h1-5,8H,6-7H2,(H,12,14). The molecule has 72 valence electrons. The van der Waals surface area contributed by atoms with Crippen LogP contribution in [-0.2, 0) is 9.59 Å². The Kier molecular flexibility index (Phi) is 2.31. The molecule has 3 nitrogen and oxygen atoms in total. The van der Waals surface area contributed by atoms with E-state index in [2.05, 4.69) is 5.32 Å². The highest BCUT2D eigenvalue weighted by Gasteiger charge is 2.34. The maximum absolute atomic E-state index is 11.3. The summed E-state index contributed by atoms with van der Waals surface area (Å²) in [5.41, 5.74) is 0.673. The van der Waals surface area contributed by atoms with E-state index >= 15 is 0 Å². The number of benzene rings is 1. The Labute approximate surface area is 82.1 Å². The van der Waals surface area contributed by atoms with Crippen molar-refractivity contribution in [2.24, 2.45) is 5.92 Å². The topological polar surface area (TPSA) is 46.2 Å². The Morgan fingerprint density at radius 2 is 1.79 bits per heavy atom. The number of amides is 1. The summed E-state index contributed by atoms with van der Waals surface area (Å²) in [6.07, 6.45) is 1.72. The second-order valence-corrected chi connectivity index (χ2v) is 3.46. The minimum absolute atomic E-state index is 0.0151. The SMILES string of the molecule is O=C(Nc1ccccc1)C(=O)C1CC1. The minimum atomic E-state index is -0.487. The van der Waals surface area contributed by atoms with Crippen LogP contribution in [0.25, 0.3) is 0 Å². The summed E-state index contributed by atoms with van der Waals surface area (Å²) in [5, 5.41) is 2.57. The van der Waals surface area contributed by atoms with Gasteiger partial charge in [-0.3, -0.25) is 9.59 Å². The molecule has 1 fully saturated rings. The molecule has 0 saturated heterocycles. The van der Waals surface area contributed by atoms with Gasteiger partial charge in [0.05, 0.1) is 0 Å². The van der Waals surface area contributed by atoms with Crippen molar-refractivity contribution < 1.29 is 9.59 Å². The maximum atomic E-state index is 11.3. The van der Waals surface area contributed by atoms with Crippen LogP contribution in [0.1, 0.15) is 12.8 Å². The molecule has 0 aliphatic heterocycles. The van der Waals surface area contributed by atoms with Crippen molar-refractivity contribution in [2.75, 3.05) is 5.32 Å². The number of hydrogen-bond donors (Lipinski definition) is 1. The smallest absolute Gasteiger partial charge is 0.292 e. The van der Waals surface area contributed by atoms with Crippen LogP contribution in [0.5, 0.6) is 0 Å². The van der Waals surface area contributed by atoms with E-state index in [0.717, 1.165) is 12.8 Å². The molecule has 1 aromatic carbocycles. The van der Waals surface area contributed by atoms with Gasteiger partial charge < -0.3 is 5.32 Å². The van der Waals surface area contributed by atoms with Gasteiger partial charge in [0.15, 0.2) is 0 Å². The summed E-state index contributed by atoms with van der Waals surface area (Å²) in [7, 11) is 0. The molecule has 1 N–H and O–H groups in total. The molecular weight excluding hydrogens is 178 g/mol. The third-order valence-electron chi connectivity index (χ3n) is 2.20. The number of nitrogens with one attached hydrogen (secondary N) is 1. The van der Waals surface area contributed by atoms with Crippen LogP contribution in [0.2, 0.25) is 0 Å². The van der Waals surface area contributed by atoms with Gasteiger partial charge in [0.1, 0.15) is 0 Å². The zero-order valence-electron chi connectivity index (χ0n) is 7.69. The van der Waals surface area contributed by atoms with Gasteiger partial charge in [0.25, 0.3) is 5.91 Å². The van der Waals surface area contributed by atoms with Gasteiger partial charge in [0.2, 0.25) is 5.78 Å². The lowest BCUT2D eigenvalue weighted by molar-refractivity contribution is -0.135. The summed E-state index contributed by atoms with van der Waals surface area (Å²) in [4.78, 5) is 22.6. The zero-order chi connectivity index (χ0) is 9.97. The van der Waals surface area contributed by atoms with E-state index in [4.69, 9.17) is 0 Å². The van der Waals surface area contributed by atoms with Crippen LogP contribution in [0, 0.1) is 5.92 Å². The van der Waals surface area contributed by atoms with Crippen molar-refractivity contribution in [1.82, 2.24) is 0 Å². The van der Waals surface area contributed by atoms with Gasteiger partial charge in [-0.05, 0) is 25.0 Å². The monoisotopic (exact) mass is 189 g/mol. The third-order valence-corrected chi connectivity index (χ3v) is 2.20. The Morgan fingerprint density at radius 3 is 2.36 bits per heavy atom. The summed E-state index contributed by atoms with van der Waals surface area (Å²) in [6.45, 7) is 0. The fourth-order valence-electron chi connectivity index (χ4n) is 1.25. The predicted octanol–water partition coefficient (Wildman–Crippen LogP) is 1.60. The van der Waals surface area contributed by atoms with E-state index in [1.807, 2.05) is 18.2 Å². The van der Waals surface area contributed by atoms with Crippen molar-refractivity contribution in [3.8, 4) is 0 Å². The number of carbonyl (C=O) groups is 2. The fraction of sp³-hybridized carbons (Fsp3) is 0.273. The number of para-hydroxylation sites is 1. The first-order chi connectivity index (χ1) is 6.77. The first-order valence-electron chi connectivity index (χ1n) is 4.67. The minimum Gasteiger partial charge on any atom is -0.319 e. The second-order valence-electron chi connectivity index (χ2n) is 3.46. The molecule has 1 saturated carbocycles. The van der Waals surface area contributed by atoms with Crippen LogP contribution in [-0.4, -0.2) is 11.7 Å². The third kappa shape index (κ3) is 1.99. The highest BCUT2D eigenvalue weighted by molar-refractivity contribution is 6.41. The van der Waals surface area contributed by atoms with E-state index in [9.17, 15) is 9.59 Å². The quantitative estimate of drug-likeness (QED) is 0.734. The van der Waals surface area contributed by atoms with Gasteiger partial charge in [-0.1, -0.05) is 18.2 Å².